The molecule has 41 heavy (non-hydrogen) atoms. The molecule has 3 amide bonds. The van der Waals surface area contributed by atoms with Crippen LogP contribution in [0.1, 0.15) is 5.56 Å². The molecule has 3 N–H and O–H groups in total. The lowest BCUT2D eigenvalue weighted by Crippen LogP contribution is -2.56. The number of benzene rings is 3. The summed E-state index contributed by atoms with van der Waals surface area (Å²) in [5.41, 5.74) is 7.50. The van der Waals surface area contributed by atoms with E-state index in [1.165, 1.54) is 28.0 Å². The number of sulfonamides is 1. The van der Waals surface area contributed by atoms with Gasteiger partial charge in [-0.2, -0.15) is 4.31 Å². The van der Waals surface area contributed by atoms with Crippen molar-refractivity contribution in [2.75, 3.05) is 51.0 Å². The molecule has 0 aromatic heterocycles. The average Bonchev–Trinajstić information content (AvgIpc) is 2.97. The van der Waals surface area contributed by atoms with Gasteiger partial charge in [-0.15, -0.1) is 0 Å². The number of rotatable bonds is 10. The zero-order valence-corrected chi connectivity index (χ0v) is 23.7. The molecule has 0 saturated carbocycles. The maximum Gasteiger partial charge on any atom is 0.249 e. The predicted molar refractivity (Wildman–Crippen MR) is 155 cm³/mol. The summed E-state index contributed by atoms with van der Waals surface area (Å²) in [6.07, 6.45) is 0.242. The highest BCUT2D eigenvalue weighted by Crippen LogP contribution is 2.21. The van der Waals surface area contributed by atoms with E-state index in [1.54, 1.807) is 44.5 Å². The number of nitrogens with two attached hydrogens (primary N) is 1. The van der Waals surface area contributed by atoms with Crippen molar-refractivity contribution in [2.24, 2.45) is 0 Å². The standard InChI is InChI=1S/C29H33N5O6S/c1-32(23-11-13-24(40-2)14-12-23)29(37)26(17-21-7-4-3-5-8-21)31-27(35)19-33-15-16-34(20-28(33)36)41(38,39)25-10-6-9-22(30)18-25/h3-14,18,26H,15-17,19-20,30H2,1-2H3,(H,31,35)/t26-/m0/s1. The number of hydrogen-bond donors (Lipinski definition) is 2. The third kappa shape index (κ3) is 7.21. The van der Waals surface area contributed by atoms with Gasteiger partial charge in [0.2, 0.25) is 27.7 Å². The monoisotopic (exact) mass is 579 g/mol. The van der Waals surface area contributed by atoms with Gasteiger partial charge in [-0.1, -0.05) is 36.4 Å². The first-order chi connectivity index (χ1) is 19.6. The maximum absolute atomic E-state index is 13.5. The predicted octanol–water partition coefficient (Wildman–Crippen LogP) is 1.50. The number of nitrogen functional groups attached to an aromatic ring is 1. The molecule has 1 aliphatic rings. The molecule has 0 spiro atoms. The highest BCUT2D eigenvalue weighted by atomic mass is 32.2. The molecule has 1 fully saturated rings. The molecule has 11 nitrogen and oxygen atoms in total. The van der Waals surface area contributed by atoms with Crippen LogP contribution in [0.3, 0.4) is 0 Å². The lowest BCUT2D eigenvalue weighted by Gasteiger charge is -2.33. The van der Waals surface area contributed by atoms with Crippen LogP contribution in [-0.4, -0.2) is 81.7 Å². The highest BCUT2D eigenvalue weighted by molar-refractivity contribution is 7.89. The van der Waals surface area contributed by atoms with Gasteiger partial charge >= 0.3 is 0 Å². The summed E-state index contributed by atoms with van der Waals surface area (Å²) in [5.74, 6) is -0.728. The Morgan fingerprint density at radius 3 is 2.37 bits per heavy atom. The molecule has 0 unspecified atom stereocenters. The second-order valence-electron chi connectivity index (χ2n) is 9.63. The number of hydrogen-bond acceptors (Lipinski definition) is 7. The van der Waals surface area contributed by atoms with Gasteiger partial charge in [0.15, 0.2) is 0 Å². The van der Waals surface area contributed by atoms with Gasteiger partial charge in [0.1, 0.15) is 11.8 Å². The molecule has 0 bridgehead atoms. The fourth-order valence-electron chi connectivity index (χ4n) is 4.51. The molecular weight excluding hydrogens is 546 g/mol. The summed E-state index contributed by atoms with van der Waals surface area (Å²) in [5, 5.41) is 2.79. The van der Waals surface area contributed by atoms with Crippen LogP contribution in [0, 0.1) is 0 Å². The molecule has 4 rings (SSSR count). The van der Waals surface area contributed by atoms with Crippen molar-refractivity contribution in [3.63, 3.8) is 0 Å². The van der Waals surface area contributed by atoms with E-state index in [9.17, 15) is 22.8 Å². The molecule has 12 heteroatoms. The zero-order valence-electron chi connectivity index (χ0n) is 22.9. The first-order valence-corrected chi connectivity index (χ1v) is 14.4. The fraction of sp³-hybridized carbons (Fsp3) is 0.276. The van der Waals surface area contributed by atoms with Gasteiger partial charge < -0.3 is 25.6 Å². The van der Waals surface area contributed by atoms with Crippen molar-refractivity contribution < 1.29 is 27.5 Å². The van der Waals surface area contributed by atoms with Crippen LogP contribution in [0.4, 0.5) is 11.4 Å². The average molecular weight is 580 g/mol. The lowest BCUT2D eigenvalue weighted by atomic mass is 10.0. The smallest absolute Gasteiger partial charge is 0.249 e. The second kappa shape index (κ2) is 12.8. The first-order valence-electron chi connectivity index (χ1n) is 13.0. The van der Waals surface area contributed by atoms with Gasteiger partial charge in [0.05, 0.1) is 25.1 Å². The summed E-state index contributed by atoms with van der Waals surface area (Å²) < 4.78 is 32.3. The summed E-state index contributed by atoms with van der Waals surface area (Å²) >= 11 is 0. The minimum atomic E-state index is -3.93. The van der Waals surface area contributed by atoms with Crippen molar-refractivity contribution in [1.29, 1.82) is 0 Å². The van der Waals surface area contributed by atoms with Crippen LogP contribution >= 0.6 is 0 Å². The van der Waals surface area contributed by atoms with Crippen LogP contribution in [-0.2, 0) is 30.8 Å². The summed E-state index contributed by atoms with van der Waals surface area (Å²) in [4.78, 5) is 42.2. The van der Waals surface area contributed by atoms with Crippen LogP contribution in [0.2, 0.25) is 0 Å². The van der Waals surface area contributed by atoms with E-state index < -0.39 is 34.4 Å². The Morgan fingerprint density at radius 1 is 1.02 bits per heavy atom. The third-order valence-electron chi connectivity index (χ3n) is 6.82. The highest BCUT2D eigenvalue weighted by Gasteiger charge is 2.34. The van der Waals surface area contributed by atoms with E-state index in [0.717, 1.165) is 9.87 Å². The van der Waals surface area contributed by atoms with E-state index in [-0.39, 0.29) is 36.9 Å². The van der Waals surface area contributed by atoms with Crippen molar-refractivity contribution in [1.82, 2.24) is 14.5 Å². The number of amides is 3. The molecule has 1 saturated heterocycles. The Morgan fingerprint density at radius 2 is 1.73 bits per heavy atom. The van der Waals surface area contributed by atoms with Crippen LogP contribution in [0.25, 0.3) is 0 Å². The van der Waals surface area contributed by atoms with E-state index in [4.69, 9.17) is 10.5 Å². The number of methoxy groups -OCH3 is 1. The molecular formula is C29H33N5O6S. The lowest BCUT2D eigenvalue weighted by molar-refractivity contribution is -0.139. The Bertz CT molecular complexity index is 1500. The quantitative estimate of drug-likeness (QED) is 0.347. The topological polar surface area (TPSA) is 142 Å². The van der Waals surface area contributed by atoms with E-state index in [1.807, 2.05) is 30.3 Å². The number of nitrogens with zero attached hydrogens (tertiary/aromatic N) is 3. The second-order valence-corrected chi connectivity index (χ2v) is 11.6. The van der Waals surface area contributed by atoms with Crippen LogP contribution in [0.5, 0.6) is 5.75 Å². The Labute approximate surface area is 239 Å². The number of piperazine rings is 1. The fourth-order valence-corrected chi connectivity index (χ4v) is 5.95. The summed E-state index contributed by atoms with van der Waals surface area (Å²) in [7, 11) is -0.751. The van der Waals surface area contributed by atoms with Crippen LogP contribution in [0.15, 0.2) is 83.8 Å². The van der Waals surface area contributed by atoms with E-state index in [0.29, 0.717) is 17.1 Å². The van der Waals surface area contributed by atoms with Crippen molar-refractivity contribution in [3.8, 4) is 5.75 Å². The number of nitrogens with one attached hydrogen (secondary N) is 1. The number of likely N-dealkylation sites (N-methyl/N-ethyl adjacent to an activating group) is 1. The van der Waals surface area contributed by atoms with Gasteiger partial charge in [-0.3, -0.25) is 14.4 Å². The Kier molecular flexibility index (Phi) is 9.25. The molecule has 3 aromatic rings. The van der Waals surface area contributed by atoms with E-state index in [2.05, 4.69) is 5.32 Å². The molecule has 0 radical (unpaired) electrons. The van der Waals surface area contributed by atoms with Crippen molar-refractivity contribution in [3.05, 3.63) is 84.4 Å². The molecule has 1 heterocycles. The van der Waals surface area contributed by atoms with Gasteiger partial charge in [-0.25, -0.2) is 8.42 Å². The van der Waals surface area contributed by atoms with E-state index >= 15 is 0 Å². The molecule has 0 aliphatic carbocycles. The molecule has 216 valence electrons. The van der Waals surface area contributed by atoms with Gasteiger partial charge in [-0.05, 0) is 48.0 Å². The molecule has 1 atom stereocenters. The number of carbonyl (C=O) groups excluding carboxylic acids is 3. The summed E-state index contributed by atoms with van der Waals surface area (Å²) in [6.45, 7) is -0.674. The SMILES string of the molecule is COc1ccc(N(C)C(=O)[C@H](Cc2ccccc2)NC(=O)CN2CCN(S(=O)(=O)c3cccc(N)c3)CC2=O)cc1. The van der Waals surface area contributed by atoms with Crippen molar-refractivity contribution >= 4 is 39.1 Å². The maximum atomic E-state index is 13.5. The Hall–Kier alpha value is -4.42. The minimum Gasteiger partial charge on any atom is -0.497 e. The normalized spacial score (nSPS) is 14.8. The van der Waals surface area contributed by atoms with Crippen molar-refractivity contribution in [2.45, 2.75) is 17.4 Å². The van der Waals surface area contributed by atoms with Gasteiger partial charge in [0, 0.05) is 37.9 Å². The summed E-state index contributed by atoms with van der Waals surface area (Å²) in [6, 6.07) is 21.2. The third-order valence-corrected chi connectivity index (χ3v) is 8.66. The van der Waals surface area contributed by atoms with Crippen LogP contribution < -0.4 is 20.7 Å². The zero-order chi connectivity index (χ0) is 29.6. The minimum absolute atomic E-state index is 0.000242. The Balaban J connectivity index is 1.43. The number of anilines is 2. The molecule has 3 aromatic carbocycles. The first kappa shape index (κ1) is 29.6. The number of carbonyl (C=O) groups is 3. The molecule has 1 aliphatic heterocycles. The van der Waals surface area contributed by atoms with Gasteiger partial charge in [0.25, 0.3) is 0 Å². The largest absolute Gasteiger partial charge is 0.497 e. The number of ether oxygens (including phenoxy) is 1.